The van der Waals surface area contributed by atoms with Crippen LogP contribution in [0.5, 0.6) is 0 Å². The lowest BCUT2D eigenvalue weighted by Crippen LogP contribution is -2.42. The van der Waals surface area contributed by atoms with Gasteiger partial charge in [0, 0.05) is 25.7 Å². The predicted octanol–water partition coefficient (Wildman–Crippen LogP) is 1.68. The van der Waals surface area contributed by atoms with E-state index in [1.54, 1.807) is 0 Å². The molecule has 0 spiro atoms. The first-order chi connectivity index (χ1) is 9.70. The Morgan fingerprint density at radius 1 is 1.29 bits per heavy atom. The number of guanidine groups is 1. The molecule has 0 aromatic heterocycles. The van der Waals surface area contributed by atoms with E-state index in [-0.39, 0.29) is 24.0 Å². The third-order valence-electron chi connectivity index (χ3n) is 4.13. The molecular weight excluding hydrogens is 379 g/mol. The molecule has 1 aliphatic carbocycles. The van der Waals surface area contributed by atoms with Crippen LogP contribution in [0.25, 0.3) is 0 Å². The van der Waals surface area contributed by atoms with E-state index in [0.29, 0.717) is 12.1 Å². The van der Waals surface area contributed by atoms with E-state index in [0.717, 1.165) is 44.5 Å². The molecular formula is C15H31IN4O. The maximum atomic E-state index is 5.64. The van der Waals surface area contributed by atoms with Crippen LogP contribution in [0.4, 0.5) is 0 Å². The summed E-state index contributed by atoms with van der Waals surface area (Å²) in [6, 6.07) is 0.577. The summed E-state index contributed by atoms with van der Waals surface area (Å²) in [5.74, 6) is 1.77. The van der Waals surface area contributed by atoms with E-state index in [4.69, 9.17) is 9.73 Å². The summed E-state index contributed by atoms with van der Waals surface area (Å²) in [6.07, 6.45) is 5.42. The first-order valence-electron chi connectivity index (χ1n) is 8.01. The molecule has 6 heteroatoms. The second-order valence-corrected chi connectivity index (χ2v) is 6.10. The molecule has 2 fully saturated rings. The van der Waals surface area contributed by atoms with E-state index in [2.05, 4.69) is 36.6 Å². The molecule has 2 atom stereocenters. The molecule has 2 aliphatic rings. The van der Waals surface area contributed by atoms with Crippen molar-refractivity contribution >= 4 is 29.9 Å². The minimum absolute atomic E-state index is 0. The van der Waals surface area contributed by atoms with Gasteiger partial charge in [-0.2, -0.15) is 0 Å². The highest BCUT2D eigenvalue weighted by molar-refractivity contribution is 14.0. The van der Waals surface area contributed by atoms with Gasteiger partial charge >= 0.3 is 0 Å². The predicted molar refractivity (Wildman–Crippen MR) is 98.6 cm³/mol. The van der Waals surface area contributed by atoms with E-state index in [9.17, 15) is 0 Å². The van der Waals surface area contributed by atoms with Gasteiger partial charge in [-0.05, 0) is 52.6 Å². The highest BCUT2D eigenvalue weighted by Gasteiger charge is 2.32. The second-order valence-electron chi connectivity index (χ2n) is 6.10. The number of ether oxygens (including phenoxy) is 1. The SMILES string of the molecule is CCNC(=NCC(C1CC1)N(C)C)NCC1CCCO1.I. The average molecular weight is 410 g/mol. The van der Waals surface area contributed by atoms with Crippen LogP contribution in [0.3, 0.4) is 0 Å². The van der Waals surface area contributed by atoms with Crippen molar-refractivity contribution in [3.63, 3.8) is 0 Å². The quantitative estimate of drug-likeness (QED) is 0.381. The molecule has 2 unspecified atom stereocenters. The third kappa shape index (κ3) is 6.69. The van der Waals surface area contributed by atoms with Gasteiger partial charge in [0.2, 0.25) is 0 Å². The summed E-state index contributed by atoms with van der Waals surface area (Å²) >= 11 is 0. The number of rotatable bonds is 7. The smallest absolute Gasteiger partial charge is 0.191 e. The van der Waals surface area contributed by atoms with Gasteiger partial charge in [-0.1, -0.05) is 0 Å². The number of nitrogens with one attached hydrogen (secondary N) is 2. The highest BCUT2D eigenvalue weighted by atomic mass is 127. The molecule has 1 aliphatic heterocycles. The summed E-state index contributed by atoms with van der Waals surface area (Å²) in [5, 5.41) is 6.74. The fourth-order valence-electron chi connectivity index (χ4n) is 2.76. The maximum absolute atomic E-state index is 5.64. The second kappa shape index (κ2) is 9.84. The fraction of sp³-hybridized carbons (Fsp3) is 0.933. The maximum Gasteiger partial charge on any atom is 0.191 e. The molecule has 0 aromatic rings. The summed E-state index contributed by atoms with van der Waals surface area (Å²) in [6.45, 7) is 5.64. The van der Waals surface area contributed by atoms with Crippen molar-refractivity contribution in [2.45, 2.75) is 44.8 Å². The van der Waals surface area contributed by atoms with Crippen LogP contribution >= 0.6 is 24.0 Å². The Balaban J connectivity index is 0.00000220. The van der Waals surface area contributed by atoms with Crippen LogP contribution in [-0.4, -0.2) is 63.3 Å². The van der Waals surface area contributed by atoms with Crippen LogP contribution in [0.2, 0.25) is 0 Å². The standard InChI is InChI=1S/C15H30N4O.HI/c1-4-16-15(17-10-13-6-5-9-20-13)18-11-14(19(2)3)12-7-8-12;/h12-14H,4-11H2,1-3H3,(H2,16,17,18);1H. The molecule has 2 rings (SSSR count). The van der Waals surface area contributed by atoms with Crippen molar-refractivity contribution in [3.8, 4) is 0 Å². The van der Waals surface area contributed by atoms with Crippen LogP contribution in [-0.2, 0) is 4.74 Å². The lowest BCUT2D eigenvalue weighted by molar-refractivity contribution is 0.113. The van der Waals surface area contributed by atoms with Crippen LogP contribution in [0.1, 0.15) is 32.6 Å². The zero-order valence-electron chi connectivity index (χ0n) is 13.6. The number of hydrogen-bond acceptors (Lipinski definition) is 3. The van der Waals surface area contributed by atoms with Crippen molar-refractivity contribution in [2.75, 3.05) is 40.3 Å². The molecule has 0 radical (unpaired) electrons. The van der Waals surface area contributed by atoms with Crippen molar-refractivity contribution in [2.24, 2.45) is 10.9 Å². The first-order valence-corrected chi connectivity index (χ1v) is 8.01. The Morgan fingerprint density at radius 2 is 2.05 bits per heavy atom. The van der Waals surface area contributed by atoms with Gasteiger partial charge in [-0.15, -0.1) is 24.0 Å². The molecule has 0 amide bonds. The van der Waals surface area contributed by atoms with Crippen LogP contribution in [0.15, 0.2) is 4.99 Å². The monoisotopic (exact) mass is 410 g/mol. The number of hydrogen-bond donors (Lipinski definition) is 2. The van der Waals surface area contributed by atoms with Gasteiger partial charge < -0.3 is 20.3 Å². The molecule has 2 N–H and O–H groups in total. The van der Waals surface area contributed by atoms with E-state index < -0.39 is 0 Å². The Bertz CT molecular complexity index is 313. The number of likely N-dealkylation sites (N-methyl/N-ethyl adjacent to an activating group) is 1. The zero-order valence-corrected chi connectivity index (χ0v) is 15.9. The molecule has 0 bridgehead atoms. The highest BCUT2D eigenvalue weighted by Crippen LogP contribution is 2.34. The molecule has 1 heterocycles. The Labute approximate surface area is 146 Å². The molecule has 1 saturated carbocycles. The third-order valence-corrected chi connectivity index (χ3v) is 4.13. The number of aliphatic imine (C=N–C) groups is 1. The normalized spacial score (nSPS) is 23.8. The summed E-state index contributed by atoms with van der Waals surface area (Å²) < 4.78 is 5.64. The van der Waals surface area contributed by atoms with Gasteiger partial charge in [0.1, 0.15) is 0 Å². The van der Waals surface area contributed by atoms with Crippen molar-refractivity contribution in [1.29, 1.82) is 0 Å². The van der Waals surface area contributed by atoms with Gasteiger partial charge in [-0.25, -0.2) is 0 Å². The number of nitrogens with zero attached hydrogens (tertiary/aromatic N) is 2. The van der Waals surface area contributed by atoms with E-state index >= 15 is 0 Å². The Morgan fingerprint density at radius 3 is 2.57 bits per heavy atom. The summed E-state index contributed by atoms with van der Waals surface area (Å²) in [7, 11) is 4.32. The number of halogens is 1. The van der Waals surface area contributed by atoms with Crippen molar-refractivity contribution in [3.05, 3.63) is 0 Å². The van der Waals surface area contributed by atoms with Gasteiger partial charge in [-0.3, -0.25) is 4.99 Å². The Hall–Kier alpha value is -0.0800. The van der Waals surface area contributed by atoms with E-state index in [1.165, 1.54) is 19.3 Å². The van der Waals surface area contributed by atoms with E-state index in [1.807, 2.05) is 0 Å². The van der Waals surface area contributed by atoms with Crippen LogP contribution in [0, 0.1) is 5.92 Å². The minimum Gasteiger partial charge on any atom is -0.376 e. The topological polar surface area (TPSA) is 48.9 Å². The summed E-state index contributed by atoms with van der Waals surface area (Å²) in [4.78, 5) is 7.06. The lowest BCUT2D eigenvalue weighted by atomic mass is 10.2. The molecule has 1 saturated heterocycles. The van der Waals surface area contributed by atoms with Crippen molar-refractivity contribution in [1.82, 2.24) is 15.5 Å². The minimum atomic E-state index is 0. The lowest BCUT2D eigenvalue weighted by Gasteiger charge is -2.23. The van der Waals surface area contributed by atoms with Crippen molar-refractivity contribution < 1.29 is 4.74 Å². The van der Waals surface area contributed by atoms with Gasteiger partial charge in [0.05, 0.1) is 12.6 Å². The average Bonchev–Trinajstić information content (AvgIpc) is 3.11. The largest absolute Gasteiger partial charge is 0.376 e. The van der Waals surface area contributed by atoms with Gasteiger partial charge in [0.25, 0.3) is 0 Å². The summed E-state index contributed by atoms with van der Waals surface area (Å²) in [5.41, 5.74) is 0. The van der Waals surface area contributed by atoms with Gasteiger partial charge in [0.15, 0.2) is 5.96 Å². The Kier molecular flexibility index (Phi) is 8.89. The molecule has 5 nitrogen and oxygen atoms in total. The first kappa shape index (κ1) is 19.0. The molecule has 0 aromatic carbocycles. The molecule has 21 heavy (non-hydrogen) atoms. The fourth-order valence-corrected chi connectivity index (χ4v) is 2.76. The van der Waals surface area contributed by atoms with Crippen LogP contribution < -0.4 is 10.6 Å². The zero-order chi connectivity index (χ0) is 14.4. The molecule has 124 valence electrons.